The van der Waals surface area contributed by atoms with Crippen LogP contribution in [0.15, 0.2) is 29.1 Å². The monoisotopic (exact) mass is 237 g/mol. The number of pyridine rings is 1. The molecular formula is C11H12ClN3O. The van der Waals surface area contributed by atoms with Crippen LogP contribution in [-0.4, -0.2) is 9.97 Å². The van der Waals surface area contributed by atoms with E-state index in [0.717, 1.165) is 11.3 Å². The summed E-state index contributed by atoms with van der Waals surface area (Å²) in [6.07, 6.45) is 5.06. The molecular weight excluding hydrogens is 226 g/mol. The van der Waals surface area contributed by atoms with Crippen molar-refractivity contribution in [2.45, 2.75) is 20.0 Å². The lowest BCUT2D eigenvalue weighted by atomic mass is 10.3. The highest BCUT2D eigenvalue weighted by Crippen LogP contribution is 2.12. The Morgan fingerprint density at radius 2 is 2.25 bits per heavy atom. The maximum absolute atomic E-state index is 5.97. The second kappa shape index (κ2) is 5.09. The van der Waals surface area contributed by atoms with Crippen molar-refractivity contribution in [1.82, 2.24) is 15.3 Å². The lowest BCUT2D eigenvalue weighted by Crippen LogP contribution is -2.13. The van der Waals surface area contributed by atoms with Crippen LogP contribution >= 0.6 is 11.6 Å². The molecule has 2 aromatic rings. The van der Waals surface area contributed by atoms with Crippen molar-refractivity contribution < 1.29 is 4.42 Å². The van der Waals surface area contributed by atoms with Gasteiger partial charge in [-0.25, -0.2) is 4.98 Å². The van der Waals surface area contributed by atoms with Gasteiger partial charge in [-0.2, -0.15) is 0 Å². The fourth-order valence-corrected chi connectivity index (χ4v) is 1.52. The second-order valence-corrected chi connectivity index (χ2v) is 3.84. The maximum atomic E-state index is 5.97. The highest BCUT2D eigenvalue weighted by atomic mass is 35.5. The summed E-state index contributed by atoms with van der Waals surface area (Å²) in [4.78, 5) is 8.02. The first-order valence-corrected chi connectivity index (χ1v) is 5.34. The minimum atomic E-state index is 0.590. The largest absolute Gasteiger partial charge is 0.445 e. The maximum Gasteiger partial charge on any atom is 0.208 e. The van der Waals surface area contributed by atoms with Crippen LogP contribution in [0.2, 0.25) is 5.02 Å². The fourth-order valence-electron chi connectivity index (χ4n) is 1.33. The Hall–Kier alpha value is -1.39. The molecule has 84 valence electrons. The van der Waals surface area contributed by atoms with Gasteiger partial charge in [0.1, 0.15) is 5.76 Å². The van der Waals surface area contributed by atoms with Gasteiger partial charge < -0.3 is 9.73 Å². The van der Waals surface area contributed by atoms with Gasteiger partial charge in [0.2, 0.25) is 5.89 Å². The van der Waals surface area contributed by atoms with Gasteiger partial charge in [-0.1, -0.05) is 11.6 Å². The average Bonchev–Trinajstić information content (AvgIpc) is 2.67. The summed E-state index contributed by atoms with van der Waals surface area (Å²) in [6, 6.07) is 1.89. The highest BCUT2D eigenvalue weighted by Gasteiger charge is 2.02. The predicted octanol–water partition coefficient (Wildman–Crippen LogP) is 2.32. The van der Waals surface area contributed by atoms with Crippen LogP contribution in [0.1, 0.15) is 17.2 Å². The number of aromatic nitrogens is 2. The van der Waals surface area contributed by atoms with Crippen LogP contribution < -0.4 is 5.32 Å². The normalized spacial score (nSPS) is 10.6. The molecule has 0 bridgehead atoms. The molecule has 2 aromatic heterocycles. The van der Waals surface area contributed by atoms with Gasteiger partial charge in [0.05, 0.1) is 17.8 Å². The molecule has 2 rings (SSSR count). The molecule has 0 spiro atoms. The molecule has 5 heteroatoms. The molecule has 0 radical (unpaired) electrons. The summed E-state index contributed by atoms with van der Waals surface area (Å²) >= 11 is 5.97. The van der Waals surface area contributed by atoms with Gasteiger partial charge in [0, 0.05) is 18.9 Å². The highest BCUT2D eigenvalue weighted by molar-refractivity contribution is 6.31. The molecule has 1 N–H and O–H groups in total. The number of rotatable bonds is 4. The zero-order chi connectivity index (χ0) is 11.4. The molecule has 0 aliphatic heterocycles. The van der Waals surface area contributed by atoms with E-state index in [2.05, 4.69) is 15.3 Å². The quantitative estimate of drug-likeness (QED) is 0.887. The summed E-state index contributed by atoms with van der Waals surface area (Å²) in [5, 5.41) is 3.87. The Kier molecular flexibility index (Phi) is 3.54. The van der Waals surface area contributed by atoms with Crippen LogP contribution in [-0.2, 0) is 13.1 Å². The molecule has 0 amide bonds. The molecule has 0 aliphatic carbocycles. The molecule has 2 heterocycles. The zero-order valence-electron chi connectivity index (χ0n) is 8.90. The molecule has 0 saturated carbocycles. The lowest BCUT2D eigenvalue weighted by molar-refractivity contribution is 0.449. The van der Waals surface area contributed by atoms with Crippen molar-refractivity contribution in [3.63, 3.8) is 0 Å². The molecule has 0 aliphatic rings. The van der Waals surface area contributed by atoms with Crippen LogP contribution in [0, 0.1) is 6.92 Å². The van der Waals surface area contributed by atoms with E-state index in [0.29, 0.717) is 24.0 Å². The summed E-state index contributed by atoms with van der Waals surface area (Å²) in [6.45, 7) is 3.13. The lowest BCUT2D eigenvalue weighted by Gasteiger charge is -2.03. The average molecular weight is 238 g/mol. The van der Waals surface area contributed by atoms with Crippen LogP contribution in [0.4, 0.5) is 0 Å². The number of oxazole rings is 1. The molecule has 0 atom stereocenters. The third kappa shape index (κ3) is 2.81. The Morgan fingerprint density at radius 1 is 1.38 bits per heavy atom. The number of nitrogens with zero attached hydrogens (tertiary/aromatic N) is 2. The third-order valence-electron chi connectivity index (χ3n) is 2.12. The Labute approximate surface area is 98.7 Å². The molecule has 0 aromatic carbocycles. The first kappa shape index (κ1) is 11.1. The van der Waals surface area contributed by atoms with Gasteiger partial charge in [0.15, 0.2) is 0 Å². The summed E-state index contributed by atoms with van der Waals surface area (Å²) in [7, 11) is 0. The topological polar surface area (TPSA) is 51.0 Å². The van der Waals surface area contributed by atoms with E-state index in [1.54, 1.807) is 18.6 Å². The summed E-state index contributed by atoms with van der Waals surface area (Å²) in [5.74, 6) is 1.50. The molecule has 0 saturated heterocycles. The predicted molar refractivity (Wildman–Crippen MR) is 61.0 cm³/mol. The Morgan fingerprint density at radius 3 is 2.94 bits per heavy atom. The third-order valence-corrected chi connectivity index (χ3v) is 2.46. The molecule has 0 fully saturated rings. The molecule has 16 heavy (non-hydrogen) atoms. The van der Waals surface area contributed by atoms with Crippen LogP contribution in [0.25, 0.3) is 0 Å². The minimum absolute atomic E-state index is 0.590. The van der Waals surface area contributed by atoms with Gasteiger partial charge in [-0.15, -0.1) is 0 Å². The summed E-state index contributed by atoms with van der Waals surface area (Å²) < 4.78 is 5.33. The van der Waals surface area contributed by atoms with Crippen molar-refractivity contribution in [3.05, 3.63) is 46.9 Å². The van der Waals surface area contributed by atoms with Crippen molar-refractivity contribution >= 4 is 11.6 Å². The van der Waals surface area contributed by atoms with E-state index in [-0.39, 0.29) is 0 Å². The van der Waals surface area contributed by atoms with Crippen LogP contribution in [0.3, 0.4) is 0 Å². The van der Waals surface area contributed by atoms with E-state index in [1.165, 1.54) is 0 Å². The Bertz CT molecular complexity index is 470. The van der Waals surface area contributed by atoms with E-state index >= 15 is 0 Å². The van der Waals surface area contributed by atoms with Gasteiger partial charge in [-0.3, -0.25) is 4.98 Å². The fraction of sp³-hybridized carbons (Fsp3) is 0.273. The number of hydrogen-bond donors (Lipinski definition) is 1. The van der Waals surface area contributed by atoms with Crippen molar-refractivity contribution in [1.29, 1.82) is 0 Å². The van der Waals surface area contributed by atoms with Crippen LogP contribution in [0.5, 0.6) is 0 Å². The van der Waals surface area contributed by atoms with E-state index in [1.807, 2.05) is 13.0 Å². The van der Waals surface area contributed by atoms with Crippen molar-refractivity contribution in [3.8, 4) is 0 Å². The smallest absolute Gasteiger partial charge is 0.208 e. The molecule has 0 unspecified atom stereocenters. The second-order valence-electron chi connectivity index (χ2n) is 3.44. The number of aryl methyl sites for hydroxylation is 1. The summed E-state index contributed by atoms with van der Waals surface area (Å²) in [5.41, 5.74) is 1.01. The van der Waals surface area contributed by atoms with E-state index in [9.17, 15) is 0 Å². The van der Waals surface area contributed by atoms with Crippen molar-refractivity contribution in [2.75, 3.05) is 0 Å². The first-order chi connectivity index (χ1) is 7.75. The van der Waals surface area contributed by atoms with E-state index < -0.39 is 0 Å². The number of nitrogens with one attached hydrogen (secondary N) is 1. The SMILES string of the molecule is Cc1cnc(CNCc2ccncc2Cl)o1. The van der Waals surface area contributed by atoms with E-state index in [4.69, 9.17) is 16.0 Å². The van der Waals surface area contributed by atoms with Gasteiger partial charge in [-0.05, 0) is 18.6 Å². The van der Waals surface area contributed by atoms with Crippen molar-refractivity contribution in [2.24, 2.45) is 0 Å². The number of hydrogen-bond acceptors (Lipinski definition) is 4. The first-order valence-electron chi connectivity index (χ1n) is 4.96. The minimum Gasteiger partial charge on any atom is -0.445 e. The standard InChI is InChI=1S/C11H12ClN3O/c1-8-4-15-11(16-8)7-14-5-9-2-3-13-6-10(9)12/h2-4,6,14H,5,7H2,1H3. The Balaban J connectivity index is 1.87. The van der Waals surface area contributed by atoms with Gasteiger partial charge >= 0.3 is 0 Å². The zero-order valence-corrected chi connectivity index (χ0v) is 9.66. The van der Waals surface area contributed by atoms with Gasteiger partial charge in [0.25, 0.3) is 0 Å². The molecule has 4 nitrogen and oxygen atoms in total. The number of halogens is 1.